The Labute approximate surface area is 151 Å². The average molecular weight is 354 g/mol. The molecule has 2 N–H and O–H groups in total. The summed E-state index contributed by atoms with van der Waals surface area (Å²) in [5, 5.41) is 12.0. The number of hydrazine groups is 1. The number of hydrogen-bond acceptors (Lipinski definition) is 5. The highest BCUT2D eigenvalue weighted by atomic mass is 16.2. The Balaban J connectivity index is 1.23. The van der Waals surface area contributed by atoms with Crippen molar-refractivity contribution < 1.29 is 9.59 Å². The van der Waals surface area contributed by atoms with Crippen molar-refractivity contribution in [1.29, 1.82) is 0 Å². The van der Waals surface area contributed by atoms with Gasteiger partial charge in [-0.15, -0.1) is 10.2 Å². The Bertz CT molecular complexity index is 790. The van der Waals surface area contributed by atoms with Crippen molar-refractivity contribution in [3.05, 3.63) is 30.3 Å². The van der Waals surface area contributed by atoms with Crippen LogP contribution in [0, 0.1) is 17.8 Å². The van der Waals surface area contributed by atoms with E-state index in [1.54, 1.807) is 0 Å². The van der Waals surface area contributed by atoms with Crippen molar-refractivity contribution in [2.45, 2.75) is 38.6 Å². The van der Waals surface area contributed by atoms with Crippen LogP contribution in [-0.2, 0) is 16.1 Å². The number of fused-ring (bicyclic) bond motifs is 2. The van der Waals surface area contributed by atoms with Gasteiger partial charge in [-0.2, -0.15) is 4.80 Å². The summed E-state index contributed by atoms with van der Waals surface area (Å²) in [4.78, 5) is 25.2. The van der Waals surface area contributed by atoms with E-state index in [9.17, 15) is 9.59 Å². The Kier molecular flexibility index (Phi) is 4.64. The van der Waals surface area contributed by atoms with Crippen LogP contribution in [0.5, 0.6) is 0 Å². The van der Waals surface area contributed by atoms with Crippen molar-refractivity contribution in [2.24, 2.45) is 17.8 Å². The zero-order valence-corrected chi connectivity index (χ0v) is 14.5. The minimum atomic E-state index is -0.386. The van der Waals surface area contributed by atoms with Crippen molar-refractivity contribution in [2.75, 3.05) is 0 Å². The van der Waals surface area contributed by atoms with Crippen molar-refractivity contribution in [3.63, 3.8) is 0 Å². The van der Waals surface area contributed by atoms with Gasteiger partial charge in [-0.1, -0.05) is 36.8 Å². The Morgan fingerprint density at radius 2 is 1.88 bits per heavy atom. The third-order valence-electron chi connectivity index (χ3n) is 5.44. The minimum Gasteiger partial charge on any atom is -0.273 e. The zero-order valence-electron chi connectivity index (χ0n) is 14.5. The molecule has 0 unspecified atom stereocenters. The summed E-state index contributed by atoms with van der Waals surface area (Å²) in [6.07, 6.45) is 5.47. The number of carbonyl (C=O) groups excluding carboxylic acids is 2. The lowest BCUT2D eigenvalue weighted by Gasteiger charge is -2.20. The first-order valence-electron chi connectivity index (χ1n) is 9.08. The summed E-state index contributed by atoms with van der Waals surface area (Å²) in [7, 11) is 0. The minimum absolute atomic E-state index is 0.103. The molecule has 2 aromatic rings. The van der Waals surface area contributed by atoms with Gasteiger partial charge in [0.25, 0.3) is 5.91 Å². The quantitative estimate of drug-likeness (QED) is 0.789. The van der Waals surface area contributed by atoms with Crippen LogP contribution >= 0.6 is 0 Å². The number of tetrazole rings is 1. The summed E-state index contributed by atoms with van der Waals surface area (Å²) < 4.78 is 0. The highest BCUT2D eigenvalue weighted by Crippen LogP contribution is 2.49. The summed E-state index contributed by atoms with van der Waals surface area (Å²) in [5.41, 5.74) is 5.76. The van der Waals surface area contributed by atoms with Crippen molar-refractivity contribution in [1.82, 2.24) is 31.1 Å². The zero-order chi connectivity index (χ0) is 17.9. The molecule has 4 rings (SSSR count). The molecule has 1 aromatic heterocycles. The largest absolute Gasteiger partial charge is 0.273 e. The smallest absolute Gasteiger partial charge is 0.262 e. The van der Waals surface area contributed by atoms with Gasteiger partial charge in [0, 0.05) is 12.0 Å². The maximum Gasteiger partial charge on any atom is 0.262 e. The lowest BCUT2D eigenvalue weighted by atomic mass is 9.86. The second-order valence-corrected chi connectivity index (χ2v) is 7.24. The number of amides is 2. The first-order chi connectivity index (χ1) is 12.7. The lowest BCUT2D eigenvalue weighted by Crippen LogP contribution is -2.44. The number of carbonyl (C=O) groups is 2. The van der Waals surface area contributed by atoms with E-state index in [1.807, 2.05) is 30.3 Å². The van der Waals surface area contributed by atoms with Gasteiger partial charge in [0.05, 0.1) is 0 Å². The van der Waals surface area contributed by atoms with Gasteiger partial charge < -0.3 is 0 Å². The van der Waals surface area contributed by atoms with Crippen LogP contribution in [-0.4, -0.2) is 32.0 Å². The van der Waals surface area contributed by atoms with Crippen LogP contribution in [0.2, 0.25) is 0 Å². The van der Waals surface area contributed by atoms with E-state index < -0.39 is 0 Å². The van der Waals surface area contributed by atoms with Gasteiger partial charge in [-0.05, 0) is 42.2 Å². The topological polar surface area (TPSA) is 102 Å². The highest BCUT2D eigenvalue weighted by Gasteiger charge is 2.40. The second kappa shape index (κ2) is 7.23. The predicted molar refractivity (Wildman–Crippen MR) is 93.1 cm³/mol. The number of aromatic nitrogens is 4. The maximum absolute atomic E-state index is 12.0. The maximum atomic E-state index is 12.0. The van der Waals surface area contributed by atoms with Gasteiger partial charge in [-0.25, -0.2) is 0 Å². The normalized spacial score (nSPS) is 23.8. The van der Waals surface area contributed by atoms with E-state index in [0.29, 0.717) is 24.1 Å². The first kappa shape index (κ1) is 16.7. The van der Waals surface area contributed by atoms with Gasteiger partial charge in [0.15, 0.2) is 0 Å². The van der Waals surface area contributed by atoms with Crippen LogP contribution in [0.15, 0.2) is 30.3 Å². The number of nitrogens with zero attached hydrogens (tertiary/aromatic N) is 4. The van der Waals surface area contributed by atoms with Crippen LogP contribution < -0.4 is 10.9 Å². The fourth-order valence-corrected chi connectivity index (χ4v) is 4.24. The first-order valence-corrected chi connectivity index (χ1v) is 9.08. The van der Waals surface area contributed by atoms with Crippen LogP contribution in [0.3, 0.4) is 0 Å². The number of hydrogen-bond donors (Lipinski definition) is 2. The fraction of sp³-hybridized carbons (Fsp3) is 0.500. The molecule has 2 aliphatic rings. The molecule has 0 saturated heterocycles. The average Bonchev–Trinajstić information content (AvgIpc) is 3.38. The van der Waals surface area contributed by atoms with E-state index in [2.05, 4.69) is 26.3 Å². The van der Waals surface area contributed by atoms with E-state index in [4.69, 9.17) is 0 Å². The van der Waals surface area contributed by atoms with E-state index in [-0.39, 0.29) is 18.4 Å². The van der Waals surface area contributed by atoms with Crippen molar-refractivity contribution >= 4 is 11.8 Å². The van der Waals surface area contributed by atoms with E-state index in [0.717, 1.165) is 17.9 Å². The molecule has 2 fully saturated rings. The molecule has 2 amide bonds. The molecule has 8 nitrogen and oxygen atoms in total. The number of nitrogens with one attached hydrogen (secondary N) is 2. The molecule has 1 heterocycles. The molecule has 0 radical (unpaired) electrons. The van der Waals surface area contributed by atoms with Gasteiger partial charge >= 0.3 is 0 Å². The molecule has 3 atom stereocenters. The molecule has 0 spiro atoms. The Morgan fingerprint density at radius 3 is 2.62 bits per heavy atom. The lowest BCUT2D eigenvalue weighted by molar-refractivity contribution is -0.130. The molecule has 26 heavy (non-hydrogen) atoms. The third kappa shape index (κ3) is 3.74. The molecule has 0 aliphatic heterocycles. The van der Waals surface area contributed by atoms with E-state index in [1.165, 1.54) is 24.1 Å². The van der Waals surface area contributed by atoms with E-state index >= 15 is 0 Å². The number of benzene rings is 1. The molecule has 136 valence electrons. The molecule has 2 bridgehead atoms. The molecule has 2 aliphatic carbocycles. The third-order valence-corrected chi connectivity index (χ3v) is 5.44. The summed E-state index contributed by atoms with van der Waals surface area (Å²) in [5.74, 6) is 1.91. The summed E-state index contributed by atoms with van der Waals surface area (Å²) >= 11 is 0. The van der Waals surface area contributed by atoms with Crippen LogP contribution in [0.25, 0.3) is 11.4 Å². The molecule has 8 heteroatoms. The molecule has 2 saturated carbocycles. The highest BCUT2D eigenvalue weighted by molar-refractivity contribution is 5.81. The standard InChI is InChI=1S/C18H22N6O2/c25-16(10-15-9-12-6-7-14(15)8-12)19-20-17(26)11-24-22-18(21-23-24)13-4-2-1-3-5-13/h1-5,12,14-15H,6-11H2,(H,19,25)(H,20,26)/t12-,14-,15+/m1/s1. The SMILES string of the molecule is O=C(C[C@@H]1C[C@@H]2CC[C@@H]1C2)NNC(=O)Cn1nnc(-c2ccccc2)n1. The Hall–Kier alpha value is -2.77. The molecule has 1 aromatic carbocycles. The summed E-state index contributed by atoms with van der Waals surface area (Å²) in [6.45, 7) is -0.103. The fourth-order valence-electron chi connectivity index (χ4n) is 4.24. The molecular formula is C18H22N6O2. The van der Waals surface area contributed by atoms with Gasteiger partial charge in [0.2, 0.25) is 11.7 Å². The predicted octanol–water partition coefficient (Wildman–Crippen LogP) is 1.31. The molecular weight excluding hydrogens is 332 g/mol. The second-order valence-electron chi connectivity index (χ2n) is 7.24. The van der Waals surface area contributed by atoms with Crippen LogP contribution in [0.4, 0.5) is 0 Å². The van der Waals surface area contributed by atoms with Crippen molar-refractivity contribution in [3.8, 4) is 11.4 Å². The van der Waals surface area contributed by atoms with Crippen LogP contribution in [0.1, 0.15) is 32.1 Å². The summed E-state index contributed by atoms with van der Waals surface area (Å²) in [6, 6.07) is 9.41. The Morgan fingerprint density at radius 1 is 1.08 bits per heavy atom. The monoisotopic (exact) mass is 354 g/mol. The van der Waals surface area contributed by atoms with Gasteiger partial charge in [-0.3, -0.25) is 20.4 Å². The number of rotatable bonds is 5. The van der Waals surface area contributed by atoms with Gasteiger partial charge in [0.1, 0.15) is 6.54 Å².